The van der Waals surface area contributed by atoms with Gasteiger partial charge in [-0.05, 0) is 43.3 Å². The molecule has 0 radical (unpaired) electrons. The van der Waals surface area contributed by atoms with Gasteiger partial charge in [-0.1, -0.05) is 12.1 Å². The Balaban J connectivity index is 1.90. The van der Waals surface area contributed by atoms with Gasteiger partial charge in [0.1, 0.15) is 5.70 Å². The molecule has 1 N–H and O–H groups in total. The molecule has 0 unspecified atom stereocenters. The molecule has 0 saturated carbocycles. The molecular weight excluding hydrogens is 376 g/mol. The first-order chi connectivity index (χ1) is 13.9. The quantitative estimate of drug-likeness (QED) is 0.614. The van der Waals surface area contributed by atoms with Gasteiger partial charge in [0.2, 0.25) is 0 Å². The lowest BCUT2D eigenvalue weighted by Gasteiger charge is -2.16. The van der Waals surface area contributed by atoms with Gasteiger partial charge in [0.05, 0.1) is 31.0 Å². The molecule has 2 aromatic rings. The highest BCUT2D eigenvalue weighted by Crippen LogP contribution is 2.29. The highest BCUT2D eigenvalue weighted by Gasteiger charge is 2.37. The lowest BCUT2D eigenvalue weighted by molar-refractivity contribution is -0.120. The molecule has 2 aromatic carbocycles. The summed E-state index contributed by atoms with van der Waals surface area (Å²) >= 11 is 0. The molecule has 0 saturated heterocycles. The molecule has 1 aliphatic rings. The van der Waals surface area contributed by atoms with Crippen LogP contribution in [0.4, 0.5) is 11.4 Å². The molecule has 3 rings (SSSR count). The first kappa shape index (κ1) is 19.8. The van der Waals surface area contributed by atoms with Gasteiger partial charge >= 0.3 is 11.9 Å². The number of carbonyl (C=O) groups excluding carboxylic acids is 4. The lowest BCUT2D eigenvalue weighted by atomic mass is 10.2. The zero-order chi connectivity index (χ0) is 21.1. The van der Waals surface area contributed by atoms with E-state index in [-0.39, 0.29) is 22.5 Å². The minimum absolute atomic E-state index is 0.0838. The van der Waals surface area contributed by atoms with Gasteiger partial charge in [-0.3, -0.25) is 9.59 Å². The van der Waals surface area contributed by atoms with Crippen LogP contribution in [0.15, 0.2) is 59.8 Å². The smallest absolute Gasteiger partial charge is 0.337 e. The second-order valence-corrected chi connectivity index (χ2v) is 6.19. The number of ether oxygens (including phenoxy) is 2. The number of benzene rings is 2. The molecule has 148 valence electrons. The fourth-order valence-electron chi connectivity index (χ4n) is 2.90. The molecule has 2 amide bonds. The number of amides is 2. The summed E-state index contributed by atoms with van der Waals surface area (Å²) in [6, 6.07) is 12.4. The molecule has 0 spiro atoms. The minimum Gasteiger partial charge on any atom is -0.465 e. The van der Waals surface area contributed by atoms with Gasteiger partial charge in [-0.15, -0.1) is 0 Å². The number of nitrogens with one attached hydrogen (secondary N) is 1. The number of rotatable bonds is 5. The average Bonchev–Trinajstić information content (AvgIpc) is 2.96. The predicted molar refractivity (Wildman–Crippen MR) is 104 cm³/mol. The normalized spacial score (nSPS) is 13.6. The summed E-state index contributed by atoms with van der Waals surface area (Å²) in [5.41, 5.74) is 1.52. The Labute approximate surface area is 166 Å². The molecule has 0 atom stereocenters. The van der Waals surface area contributed by atoms with E-state index in [1.165, 1.54) is 39.3 Å². The Morgan fingerprint density at radius 1 is 0.862 bits per heavy atom. The summed E-state index contributed by atoms with van der Waals surface area (Å²) in [6.45, 7) is 1.52. The Morgan fingerprint density at radius 2 is 1.45 bits per heavy atom. The Morgan fingerprint density at radius 3 is 2.07 bits per heavy atom. The highest BCUT2D eigenvalue weighted by atomic mass is 16.5. The number of imide groups is 1. The van der Waals surface area contributed by atoms with Crippen LogP contribution >= 0.6 is 0 Å². The van der Waals surface area contributed by atoms with Crippen molar-refractivity contribution in [1.82, 2.24) is 0 Å². The number of anilines is 2. The second-order valence-electron chi connectivity index (χ2n) is 6.19. The molecule has 1 heterocycles. The van der Waals surface area contributed by atoms with Gasteiger partial charge < -0.3 is 14.8 Å². The molecule has 1 aliphatic heterocycles. The third-order valence-electron chi connectivity index (χ3n) is 4.39. The maximum atomic E-state index is 12.9. The molecule has 8 nitrogen and oxygen atoms in total. The van der Waals surface area contributed by atoms with Gasteiger partial charge in [0.15, 0.2) is 0 Å². The number of hydrogen-bond acceptors (Lipinski definition) is 7. The van der Waals surface area contributed by atoms with Crippen LogP contribution in [-0.4, -0.2) is 38.0 Å². The van der Waals surface area contributed by atoms with Crippen molar-refractivity contribution in [3.63, 3.8) is 0 Å². The second kappa shape index (κ2) is 7.97. The average molecular weight is 394 g/mol. The van der Waals surface area contributed by atoms with Crippen LogP contribution in [0, 0.1) is 0 Å². The molecule has 29 heavy (non-hydrogen) atoms. The summed E-state index contributed by atoms with van der Waals surface area (Å²) in [6.07, 6.45) is 0. The summed E-state index contributed by atoms with van der Waals surface area (Å²) in [5.74, 6) is -2.18. The van der Waals surface area contributed by atoms with E-state index in [1.54, 1.807) is 30.3 Å². The first-order valence-electron chi connectivity index (χ1n) is 8.60. The van der Waals surface area contributed by atoms with Crippen LogP contribution in [0.5, 0.6) is 0 Å². The van der Waals surface area contributed by atoms with Crippen molar-refractivity contribution in [3.8, 4) is 0 Å². The fraction of sp³-hybridized carbons (Fsp3) is 0.143. The van der Waals surface area contributed by atoms with Crippen molar-refractivity contribution in [3.05, 3.63) is 70.9 Å². The zero-order valence-electron chi connectivity index (χ0n) is 16.0. The van der Waals surface area contributed by atoms with Crippen LogP contribution in [0.25, 0.3) is 0 Å². The molecule has 8 heteroatoms. The van der Waals surface area contributed by atoms with E-state index in [1.807, 2.05) is 0 Å². The van der Waals surface area contributed by atoms with Gasteiger partial charge in [-0.2, -0.15) is 0 Å². The van der Waals surface area contributed by atoms with Crippen LogP contribution in [-0.2, 0) is 19.1 Å². The van der Waals surface area contributed by atoms with Gasteiger partial charge in [0.25, 0.3) is 11.8 Å². The van der Waals surface area contributed by atoms with E-state index in [2.05, 4.69) is 14.8 Å². The lowest BCUT2D eigenvalue weighted by Crippen LogP contribution is -2.32. The van der Waals surface area contributed by atoms with E-state index in [0.717, 1.165) is 4.90 Å². The van der Waals surface area contributed by atoms with E-state index in [9.17, 15) is 19.2 Å². The minimum atomic E-state index is -0.575. The predicted octanol–water partition coefficient (Wildman–Crippen LogP) is 2.52. The zero-order valence-corrected chi connectivity index (χ0v) is 16.0. The number of hydrogen-bond donors (Lipinski definition) is 1. The van der Waals surface area contributed by atoms with Crippen molar-refractivity contribution < 1.29 is 28.7 Å². The first-order valence-corrected chi connectivity index (χ1v) is 8.60. The van der Waals surface area contributed by atoms with Crippen molar-refractivity contribution >= 4 is 35.1 Å². The van der Waals surface area contributed by atoms with Crippen molar-refractivity contribution in [2.45, 2.75) is 6.92 Å². The van der Waals surface area contributed by atoms with Gasteiger partial charge in [-0.25, -0.2) is 14.5 Å². The molecule has 0 bridgehead atoms. The molecular formula is C21H18N2O6. The van der Waals surface area contributed by atoms with E-state index >= 15 is 0 Å². The fourth-order valence-corrected chi connectivity index (χ4v) is 2.90. The monoisotopic (exact) mass is 394 g/mol. The van der Waals surface area contributed by atoms with Crippen LogP contribution in [0.3, 0.4) is 0 Å². The Kier molecular flexibility index (Phi) is 5.45. The molecule has 0 aliphatic carbocycles. The summed E-state index contributed by atoms with van der Waals surface area (Å²) < 4.78 is 9.37. The summed E-state index contributed by atoms with van der Waals surface area (Å²) in [5, 5.41) is 2.91. The van der Waals surface area contributed by atoms with Crippen LogP contribution < -0.4 is 10.2 Å². The Hall–Kier alpha value is -3.94. The van der Waals surface area contributed by atoms with Crippen LogP contribution in [0.1, 0.15) is 27.6 Å². The largest absolute Gasteiger partial charge is 0.465 e. The highest BCUT2D eigenvalue weighted by molar-refractivity contribution is 6.33. The summed E-state index contributed by atoms with van der Waals surface area (Å²) in [4.78, 5) is 50.1. The van der Waals surface area contributed by atoms with E-state index in [4.69, 9.17) is 0 Å². The van der Waals surface area contributed by atoms with Crippen molar-refractivity contribution in [2.24, 2.45) is 0 Å². The van der Waals surface area contributed by atoms with E-state index in [0.29, 0.717) is 11.3 Å². The topological polar surface area (TPSA) is 102 Å². The third kappa shape index (κ3) is 3.73. The standard InChI is InChI=1S/C21H18N2O6/c1-12-17(22-15-8-4-6-13(10-15)20(26)28-2)19(25)23(18(12)24)16-9-5-7-14(11-16)21(27)29-3/h4-11,22H,1-3H3. The maximum absolute atomic E-state index is 12.9. The number of carbonyl (C=O) groups is 4. The summed E-state index contributed by atoms with van der Waals surface area (Å²) in [7, 11) is 2.52. The SMILES string of the molecule is COC(=O)c1cccc(NC2=C(C)C(=O)N(c3cccc(C(=O)OC)c3)C2=O)c1. The van der Waals surface area contributed by atoms with Crippen molar-refractivity contribution in [2.75, 3.05) is 24.4 Å². The maximum Gasteiger partial charge on any atom is 0.337 e. The molecule has 0 aromatic heterocycles. The Bertz CT molecular complexity index is 1060. The molecule has 0 fully saturated rings. The van der Waals surface area contributed by atoms with E-state index < -0.39 is 23.8 Å². The number of esters is 2. The number of nitrogens with zero attached hydrogens (tertiary/aromatic N) is 1. The van der Waals surface area contributed by atoms with Crippen LogP contribution in [0.2, 0.25) is 0 Å². The van der Waals surface area contributed by atoms with Crippen molar-refractivity contribution in [1.29, 1.82) is 0 Å². The number of methoxy groups -OCH3 is 2. The third-order valence-corrected chi connectivity index (χ3v) is 4.39. The van der Waals surface area contributed by atoms with Gasteiger partial charge in [0, 0.05) is 11.3 Å².